The van der Waals surface area contributed by atoms with Gasteiger partial charge >= 0.3 is 6.36 Å². The van der Waals surface area contributed by atoms with Crippen molar-refractivity contribution in [2.75, 3.05) is 0 Å². The van der Waals surface area contributed by atoms with Gasteiger partial charge in [-0.05, 0) is 90.8 Å². The fourth-order valence-corrected chi connectivity index (χ4v) is 4.49. The summed E-state index contributed by atoms with van der Waals surface area (Å²) in [6, 6.07) is 11.0. The minimum Gasteiger partial charge on any atom is -0.406 e. The van der Waals surface area contributed by atoms with E-state index in [1.54, 1.807) is 6.07 Å². The second-order valence-corrected chi connectivity index (χ2v) is 8.55. The molecule has 0 radical (unpaired) electrons. The van der Waals surface area contributed by atoms with Crippen LogP contribution in [-0.2, 0) is 19.3 Å². The molecule has 0 N–H and O–H groups in total. The maximum absolute atomic E-state index is 15.1. The summed E-state index contributed by atoms with van der Waals surface area (Å²) in [7, 11) is 0. The van der Waals surface area contributed by atoms with Crippen molar-refractivity contribution in [3.63, 3.8) is 0 Å². The summed E-state index contributed by atoms with van der Waals surface area (Å²) in [6.07, 6.45) is -2.35. The van der Waals surface area contributed by atoms with E-state index in [1.807, 2.05) is 6.92 Å². The van der Waals surface area contributed by atoms with Gasteiger partial charge in [0.25, 0.3) is 0 Å². The van der Waals surface area contributed by atoms with E-state index < -0.39 is 23.8 Å². The highest BCUT2D eigenvalue weighted by molar-refractivity contribution is 5.49. The van der Waals surface area contributed by atoms with E-state index in [9.17, 15) is 22.0 Å². The summed E-state index contributed by atoms with van der Waals surface area (Å²) in [5.41, 5.74) is 2.39. The van der Waals surface area contributed by atoms with Crippen LogP contribution in [0.2, 0.25) is 0 Å². The molecule has 0 aliphatic heterocycles. The first-order valence-corrected chi connectivity index (χ1v) is 11.3. The number of rotatable bonds is 4. The number of alkyl halides is 3. The van der Waals surface area contributed by atoms with Gasteiger partial charge in [0.15, 0.2) is 0 Å². The van der Waals surface area contributed by atoms with Crippen molar-refractivity contribution < 1.29 is 31.1 Å². The molecule has 35 heavy (non-hydrogen) atoms. The Morgan fingerprint density at radius 3 is 2.26 bits per heavy atom. The Bertz CT molecular complexity index is 1260. The summed E-state index contributed by atoms with van der Waals surface area (Å²) in [4.78, 5) is 0. The van der Waals surface area contributed by atoms with Gasteiger partial charge in [-0.1, -0.05) is 31.3 Å². The predicted octanol–water partition coefficient (Wildman–Crippen LogP) is 7.63. The molecule has 0 saturated carbocycles. The molecule has 1 nitrogen and oxygen atoms in total. The van der Waals surface area contributed by atoms with Crippen molar-refractivity contribution in [3.8, 4) is 17.6 Å². The fraction of sp³-hybridized carbons (Fsp3) is 0.286. The molecule has 3 aromatic rings. The second kappa shape index (κ2) is 10.1. The van der Waals surface area contributed by atoms with Crippen LogP contribution in [0.25, 0.3) is 0 Å². The lowest BCUT2D eigenvalue weighted by Crippen LogP contribution is -2.17. The molecule has 0 amide bonds. The minimum absolute atomic E-state index is 0.0535. The third kappa shape index (κ3) is 5.82. The predicted molar refractivity (Wildman–Crippen MR) is 121 cm³/mol. The third-order valence-electron chi connectivity index (χ3n) is 6.06. The molecular weight excluding hydrogens is 466 g/mol. The smallest absolute Gasteiger partial charge is 0.406 e. The number of ether oxygens (including phenoxy) is 1. The van der Waals surface area contributed by atoms with E-state index in [-0.39, 0.29) is 22.8 Å². The number of fused-ring (bicyclic) bond motifs is 1. The first kappa shape index (κ1) is 24.7. The lowest BCUT2D eigenvalue weighted by atomic mass is 9.79. The van der Waals surface area contributed by atoms with E-state index in [0.29, 0.717) is 47.9 Å². The van der Waals surface area contributed by atoms with Gasteiger partial charge in [-0.25, -0.2) is 13.2 Å². The van der Waals surface area contributed by atoms with Crippen LogP contribution in [-0.4, -0.2) is 6.36 Å². The van der Waals surface area contributed by atoms with Gasteiger partial charge in [0, 0.05) is 11.1 Å². The highest BCUT2D eigenvalue weighted by atomic mass is 19.4. The van der Waals surface area contributed by atoms with Crippen LogP contribution < -0.4 is 4.74 Å². The van der Waals surface area contributed by atoms with Crippen molar-refractivity contribution in [1.82, 2.24) is 0 Å². The molecule has 0 heterocycles. The molecule has 0 saturated heterocycles. The van der Waals surface area contributed by atoms with Gasteiger partial charge in [-0.15, -0.1) is 13.2 Å². The van der Waals surface area contributed by atoms with Crippen LogP contribution in [0.4, 0.5) is 26.3 Å². The van der Waals surface area contributed by atoms with Crippen molar-refractivity contribution in [3.05, 3.63) is 99.4 Å². The maximum Gasteiger partial charge on any atom is 0.573 e. The van der Waals surface area contributed by atoms with E-state index in [0.717, 1.165) is 18.6 Å². The van der Waals surface area contributed by atoms with Crippen LogP contribution in [0, 0.1) is 29.3 Å². The van der Waals surface area contributed by atoms with E-state index in [4.69, 9.17) is 0 Å². The Morgan fingerprint density at radius 1 is 0.943 bits per heavy atom. The van der Waals surface area contributed by atoms with Crippen LogP contribution in [0.15, 0.2) is 48.5 Å². The summed E-state index contributed by atoms with van der Waals surface area (Å²) >= 11 is 0. The highest BCUT2D eigenvalue weighted by Crippen LogP contribution is 2.37. The largest absolute Gasteiger partial charge is 0.573 e. The minimum atomic E-state index is -4.78. The molecule has 0 bridgehead atoms. The lowest BCUT2D eigenvalue weighted by Gasteiger charge is -2.26. The van der Waals surface area contributed by atoms with Crippen molar-refractivity contribution >= 4 is 0 Å². The molecule has 0 fully saturated rings. The summed E-state index contributed by atoms with van der Waals surface area (Å²) < 4.78 is 85.2. The molecule has 3 aromatic carbocycles. The zero-order valence-electron chi connectivity index (χ0n) is 18.9. The van der Waals surface area contributed by atoms with E-state index >= 15 is 4.39 Å². The highest BCUT2D eigenvalue weighted by Gasteiger charge is 2.31. The normalized spacial score (nSPS) is 15.2. The maximum atomic E-state index is 15.1. The van der Waals surface area contributed by atoms with Gasteiger partial charge in [-0.3, -0.25) is 0 Å². The third-order valence-corrected chi connectivity index (χ3v) is 6.06. The molecule has 4 rings (SSSR count). The Balaban J connectivity index is 1.53. The topological polar surface area (TPSA) is 9.23 Å². The molecule has 7 heteroatoms. The zero-order chi connectivity index (χ0) is 25.2. The molecule has 1 atom stereocenters. The molecule has 1 aliphatic rings. The van der Waals surface area contributed by atoms with Crippen LogP contribution in [0.1, 0.15) is 59.1 Å². The van der Waals surface area contributed by atoms with Gasteiger partial charge < -0.3 is 4.74 Å². The quantitative estimate of drug-likeness (QED) is 0.271. The first-order valence-electron chi connectivity index (χ1n) is 11.3. The van der Waals surface area contributed by atoms with Gasteiger partial charge in [-0.2, -0.15) is 0 Å². The molecule has 1 aliphatic carbocycles. The monoisotopic (exact) mass is 488 g/mol. The molecule has 182 valence electrons. The first-order chi connectivity index (χ1) is 16.6. The number of hydrogen-bond donors (Lipinski definition) is 0. The van der Waals surface area contributed by atoms with Gasteiger partial charge in [0.05, 0.1) is 5.56 Å². The number of hydrogen-bond acceptors (Lipinski definition) is 1. The van der Waals surface area contributed by atoms with Crippen molar-refractivity contribution in [1.29, 1.82) is 0 Å². The second-order valence-electron chi connectivity index (χ2n) is 8.55. The van der Waals surface area contributed by atoms with Crippen LogP contribution >= 0.6 is 0 Å². The van der Waals surface area contributed by atoms with Gasteiger partial charge in [0.1, 0.15) is 23.2 Å². The molecule has 0 aromatic heterocycles. The Kier molecular flexibility index (Phi) is 7.11. The van der Waals surface area contributed by atoms with Crippen LogP contribution in [0.5, 0.6) is 5.75 Å². The standard InChI is InChI=1S/C28H22F6O/c1-2-3-18-14-24(29)26(25(30)15-18)21-10-13-23-20(16-21)9-8-19(27(23)31)7-4-17-5-11-22(12-6-17)35-28(32,33)34/h5-6,8-9,11-12,14-15,21H,2-3,10,13,16H2,1H3. The average Bonchev–Trinajstić information content (AvgIpc) is 2.78. The Labute approximate surface area is 199 Å². The lowest BCUT2D eigenvalue weighted by molar-refractivity contribution is -0.274. The van der Waals surface area contributed by atoms with Crippen molar-refractivity contribution in [2.45, 2.75) is 51.3 Å². The van der Waals surface area contributed by atoms with Gasteiger partial charge in [0.2, 0.25) is 0 Å². The molecule has 1 unspecified atom stereocenters. The number of aryl methyl sites for hydroxylation is 1. The summed E-state index contributed by atoms with van der Waals surface area (Å²) in [5.74, 6) is 3.10. The number of halogens is 6. The van der Waals surface area contributed by atoms with E-state index in [2.05, 4.69) is 16.6 Å². The van der Waals surface area contributed by atoms with Crippen LogP contribution in [0.3, 0.4) is 0 Å². The fourth-order valence-electron chi connectivity index (χ4n) is 4.49. The average molecular weight is 488 g/mol. The summed E-state index contributed by atoms with van der Waals surface area (Å²) in [6.45, 7) is 1.94. The summed E-state index contributed by atoms with van der Waals surface area (Å²) in [5, 5.41) is 0. The SMILES string of the molecule is CCCc1cc(F)c(C2CCc3c(ccc(C#Cc4ccc(OC(F)(F)F)cc4)c3F)C2)c(F)c1. The Morgan fingerprint density at radius 2 is 1.63 bits per heavy atom. The molecule has 0 spiro atoms. The zero-order valence-corrected chi connectivity index (χ0v) is 18.9. The van der Waals surface area contributed by atoms with Crippen molar-refractivity contribution in [2.24, 2.45) is 0 Å². The molecular formula is C28H22F6O. The Hall–Kier alpha value is -3.40. The number of benzene rings is 3. The van der Waals surface area contributed by atoms with E-state index in [1.165, 1.54) is 30.3 Å².